The third-order valence-electron chi connectivity index (χ3n) is 4.15. The van der Waals surface area contributed by atoms with E-state index < -0.39 is 0 Å². The molecular formula is C21H16ClN3. The average Bonchev–Trinajstić information content (AvgIpc) is 3.11. The van der Waals surface area contributed by atoms with E-state index >= 15 is 0 Å². The van der Waals surface area contributed by atoms with Crippen LogP contribution in [0.5, 0.6) is 0 Å². The molecule has 0 unspecified atom stereocenters. The summed E-state index contributed by atoms with van der Waals surface area (Å²) in [5.41, 5.74) is 5.92. The molecular weight excluding hydrogens is 330 g/mol. The van der Waals surface area contributed by atoms with E-state index in [1.165, 1.54) is 0 Å². The number of hydrogen-bond donors (Lipinski definition) is 0. The Labute approximate surface area is 151 Å². The predicted molar refractivity (Wildman–Crippen MR) is 103 cm³/mol. The van der Waals surface area contributed by atoms with Crippen LogP contribution >= 0.6 is 11.6 Å². The molecule has 4 aromatic rings. The van der Waals surface area contributed by atoms with Crippen LogP contribution in [0.25, 0.3) is 22.3 Å². The van der Waals surface area contributed by atoms with Crippen molar-refractivity contribution in [3.63, 3.8) is 0 Å². The molecule has 0 radical (unpaired) electrons. The van der Waals surface area contributed by atoms with E-state index in [0.717, 1.165) is 33.4 Å². The van der Waals surface area contributed by atoms with Gasteiger partial charge in [0.25, 0.3) is 0 Å². The normalized spacial score (nSPS) is 12.2. The molecule has 4 rings (SSSR count). The molecule has 25 heavy (non-hydrogen) atoms. The highest BCUT2D eigenvalue weighted by atomic mass is 35.5. The summed E-state index contributed by atoms with van der Waals surface area (Å²) >= 11 is 6.40. The van der Waals surface area contributed by atoms with Crippen LogP contribution in [0.3, 0.4) is 0 Å². The Balaban J connectivity index is 2.05. The van der Waals surface area contributed by atoms with Gasteiger partial charge in [-0.05, 0) is 17.7 Å². The molecule has 3 nitrogen and oxygen atoms in total. The van der Waals surface area contributed by atoms with Crippen molar-refractivity contribution in [2.24, 2.45) is 0 Å². The molecule has 0 saturated carbocycles. The molecule has 1 aromatic heterocycles. The van der Waals surface area contributed by atoms with Crippen molar-refractivity contribution in [2.45, 2.75) is 0 Å². The van der Waals surface area contributed by atoms with Gasteiger partial charge in [-0.25, -0.2) is 4.68 Å². The van der Waals surface area contributed by atoms with Crippen LogP contribution in [0.4, 0.5) is 0 Å². The molecule has 0 aliphatic heterocycles. The number of alkyl halides is 1. The van der Waals surface area contributed by atoms with Crippen LogP contribution in [0.2, 0.25) is 0 Å². The lowest BCUT2D eigenvalue weighted by molar-refractivity contribution is 0.841. The van der Waals surface area contributed by atoms with Crippen molar-refractivity contribution in [3.8, 4) is 0 Å². The Kier molecular flexibility index (Phi) is 4.32. The van der Waals surface area contributed by atoms with Crippen molar-refractivity contribution in [1.29, 1.82) is 0 Å². The summed E-state index contributed by atoms with van der Waals surface area (Å²) in [5.74, 6) is 0.377. The van der Waals surface area contributed by atoms with Crippen LogP contribution in [-0.4, -0.2) is 20.9 Å². The lowest BCUT2D eigenvalue weighted by atomic mass is 10.0. The fourth-order valence-electron chi connectivity index (χ4n) is 2.97. The van der Waals surface area contributed by atoms with Crippen molar-refractivity contribution in [2.75, 3.05) is 5.88 Å². The Morgan fingerprint density at radius 1 is 0.760 bits per heavy atom. The zero-order chi connectivity index (χ0) is 17.1. The molecule has 122 valence electrons. The number of nitrogens with zero attached hydrogens (tertiary/aromatic N) is 3. The van der Waals surface area contributed by atoms with Crippen molar-refractivity contribution >= 4 is 33.9 Å². The fourth-order valence-corrected chi connectivity index (χ4v) is 3.25. The van der Waals surface area contributed by atoms with Gasteiger partial charge in [-0.2, -0.15) is 0 Å². The van der Waals surface area contributed by atoms with E-state index in [1.54, 1.807) is 0 Å². The van der Waals surface area contributed by atoms with Gasteiger partial charge in [-0.15, -0.1) is 16.7 Å². The van der Waals surface area contributed by atoms with Gasteiger partial charge in [-0.1, -0.05) is 78.0 Å². The summed E-state index contributed by atoms with van der Waals surface area (Å²) < 4.78 is 1.88. The molecule has 0 saturated heterocycles. The third kappa shape index (κ3) is 2.94. The molecule has 3 aromatic carbocycles. The van der Waals surface area contributed by atoms with Gasteiger partial charge in [-0.3, -0.25) is 0 Å². The quantitative estimate of drug-likeness (QED) is 0.381. The van der Waals surface area contributed by atoms with Crippen LogP contribution < -0.4 is 0 Å². The van der Waals surface area contributed by atoms with E-state index in [1.807, 2.05) is 65.3 Å². The smallest absolute Gasteiger partial charge is 0.113 e. The largest absolute Gasteiger partial charge is 0.212 e. The Hall–Kier alpha value is -2.91. The fraction of sp³-hybridized carbons (Fsp3) is 0.0476. The molecule has 0 fully saturated rings. The SMILES string of the molecule is ClC/C(=C(/c1ccccc1)n1nnc2ccccc21)c1ccccc1. The minimum absolute atomic E-state index is 0.377. The first-order valence-corrected chi connectivity index (χ1v) is 8.62. The Morgan fingerprint density at radius 2 is 1.36 bits per heavy atom. The maximum Gasteiger partial charge on any atom is 0.113 e. The molecule has 0 atom stereocenters. The molecule has 1 heterocycles. The first-order chi connectivity index (χ1) is 12.4. The summed E-state index contributed by atoms with van der Waals surface area (Å²) in [4.78, 5) is 0. The summed E-state index contributed by atoms with van der Waals surface area (Å²) in [6.45, 7) is 0. The molecule has 0 aliphatic carbocycles. The molecule has 0 spiro atoms. The van der Waals surface area contributed by atoms with Crippen molar-refractivity contribution in [1.82, 2.24) is 15.0 Å². The van der Waals surface area contributed by atoms with Gasteiger partial charge in [0.1, 0.15) is 5.52 Å². The third-order valence-corrected chi connectivity index (χ3v) is 4.42. The van der Waals surface area contributed by atoms with Gasteiger partial charge in [0.05, 0.1) is 17.1 Å². The number of halogens is 1. The van der Waals surface area contributed by atoms with Gasteiger partial charge in [0.2, 0.25) is 0 Å². The van der Waals surface area contributed by atoms with Crippen LogP contribution in [0.1, 0.15) is 11.1 Å². The number of fused-ring (bicyclic) bond motifs is 1. The van der Waals surface area contributed by atoms with Gasteiger partial charge in [0, 0.05) is 11.1 Å². The number of aromatic nitrogens is 3. The molecule has 4 heteroatoms. The summed E-state index contributed by atoms with van der Waals surface area (Å²) in [6.07, 6.45) is 0. The summed E-state index contributed by atoms with van der Waals surface area (Å²) in [5, 5.41) is 8.73. The van der Waals surface area contributed by atoms with Gasteiger partial charge in [0.15, 0.2) is 0 Å². The van der Waals surface area contributed by atoms with E-state index in [2.05, 4.69) is 34.6 Å². The van der Waals surface area contributed by atoms with E-state index in [0.29, 0.717) is 5.88 Å². The lowest BCUT2D eigenvalue weighted by Crippen LogP contribution is -2.06. The zero-order valence-corrected chi connectivity index (χ0v) is 14.3. The van der Waals surface area contributed by atoms with Gasteiger partial charge < -0.3 is 0 Å². The highest BCUT2D eigenvalue weighted by molar-refractivity contribution is 6.25. The van der Waals surface area contributed by atoms with Crippen molar-refractivity contribution in [3.05, 3.63) is 96.1 Å². The topological polar surface area (TPSA) is 30.7 Å². The molecule has 0 amide bonds. The molecule has 0 N–H and O–H groups in total. The minimum atomic E-state index is 0.377. The second kappa shape index (κ2) is 6.91. The van der Waals surface area contributed by atoms with Crippen LogP contribution in [0, 0.1) is 0 Å². The minimum Gasteiger partial charge on any atom is -0.212 e. The van der Waals surface area contributed by atoms with E-state index in [-0.39, 0.29) is 0 Å². The number of rotatable bonds is 4. The first-order valence-electron chi connectivity index (χ1n) is 8.09. The van der Waals surface area contributed by atoms with Crippen LogP contribution in [-0.2, 0) is 0 Å². The molecule has 0 aliphatic rings. The van der Waals surface area contributed by atoms with E-state index in [9.17, 15) is 0 Å². The maximum atomic E-state index is 6.40. The average molecular weight is 346 g/mol. The number of benzene rings is 3. The highest BCUT2D eigenvalue weighted by Crippen LogP contribution is 2.30. The molecule has 0 bridgehead atoms. The first kappa shape index (κ1) is 15.6. The van der Waals surface area contributed by atoms with Gasteiger partial charge >= 0.3 is 0 Å². The maximum absolute atomic E-state index is 6.40. The number of para-hydroxylation sites is 1. The number of allylic oxidation sites excluding steroid dienone is 1. The van der Waals surface area contributed by atoms with Crippen molar-refractivity contribution < 1.29 is 0 Å². The predicted octanol–water partition coefficient (Wildman–Crippen LogP) is 5.09. The highest BCUT2D eigenvalue weighted by Gasteiger charge is 2.16. The number of hydrogen-bond acceptors (Lipinski definition) is 2. The Bertz CT molecular complexity index is 1020. The van der Waals surface area contributed by atoms with E-state index in [4.69, 9.17) is 11.6 Å². The second-order valence-electron chi connectivity index (χ2n) is 5.68. The Morgan fingerprint density at radius 3 is 2.04 bits per heavy atom. The monoisotopic (exact) mass is 345 g/mol. The lowest BCUT2D eigenvalue weighted by Gasteiger charge is -2.15. The standard InChI is InChI=1S/C21H16ClN3/c22-15-18(16-9-3-1-4-10-16)21(17-11-5-2-6-12-17)25-20-14-8-7-13-19(20)23-24-25/h1-14H,15H2/b21-18+. The zero-order valence-electron chi connectivity index (χ0n) is 13.5. The summed E-state index contributed by atoms with van der Waals surface area (Å²) in [6, 6.07) is 28.3. The van der Waals surface area contributed by atoms with Crippen LogP contribution in [0.15, 0.2) is 84.9 Å². The summed E-state index contributed by atoms with van der Waals surface area (Å²) in [7, 11) is 0. The second-order valence-corrected chi connectivity index (χ2v) is 5.95.